The van der Waals surface area contributed by atoms with Crippen LogP contribution >= 0.6 is 0 Å². The van der Waals surface area contributed by atoms with Crippen molar-refractivity contribution in [1.82, 2.24) is 0 Å². The fourth-order valence-electron chi connectivity index (χ4n) is 0.715. The summed E-state index contributed by atoms with van der Waals surface area (Å²) in [6.45, 7) is 16.7. The first-order chi connectivity index (χ1) is 7.24. The first-order valence-corrected chi connectivity index (χ1v) is 6.03. The maximum atomic E-state index is 3.66. The van der Waals surface area contributed by atoms with Crippen molar-refractivity contribution in [2.24, 2.45) is 0 Å². The van der Waals surface area contributed by atoms with Gasteiger partial charge in [-0.2, -0.15) is 0 Å². The van der Waals surface area contributed by atoms with Gasteiger partial charge >= 0.3 is 0 Å². The van der Waals surface area contributed by atoms with Crippen LogP contribution in [-0.2, 0) is 0 Å². The Morgan fingerprint density at radius 1 is 0.867 bits per heavy atom. The molecule has 0 unspecified atom stereocenters. The van der Waals surface area contributed by atoms with Gasteiger partial charge in [0.25, 0.3) is 0 Å². The minimum Gasteiger partial charge on any atom is -0.103 e. The molecule has 0 atom stereocenters. The van der Waals surface area contributed by atoms with Gasteiger partial charge in [0.1, 0.15) is 0 Å². The molecule has 0 rings (SSSR count). The summed E-state index contributed by atoms with van der Waals surface area (Å²) in [5.74, 6) is 0. The van der Waals surface area contributed by atoms with E-state index in [1.165, 1.54) is 32.1 Å². The average Bonchev–Trinajstić information content (AvgIpc) is 2.26. The maximum absolute atomic E-state index is 3.66. The molecule has 0 aromatic carbocycles. The van der Waals surface area contributed by atoms with Crippen LogP contribution in [-0.4, -0.2) is 0 Å². The summed E-state index contributed by atoms with van der Waals surface area (Å²) in [6.07, 6.45) is 13.3. The second-order valence-corrected chi connectivity index (χ2v) is 3.24. The Hall–Kier alpha value is -0.780. The van der Waals surface area contributed by atoms with Crippen molar-refractivity contribution in [3.63, 3.8) is 0 Å². The van der Waals surface area contributed by atoms with Gasteiger partial charge in [-0.15, -0.1) is 19.7 Å². The highest BCUT2D eigenvalue weighted by atomic mass is 13.9. The molecule has 0 spiro atoms. The molecule has 0 bridgehead atoms. The van der Waals surface area contributed by atoms with Crippen LogP contribution in [0.15, 0.2) is 38.0 Å². The average molecular weight is 210 g/mol. The molecule has 0 aliphatic heterocycles. The molecular formula is C15H30. The summed E-state index contributed by atoms with van der Waals surface area (Å²) in [4.78, 5) is 0. The number of rotatable bonds is 6. The first kappa shape index (κ1) is 19.7. The molecule has 90 valence electrons. The molecule has 0 N–H and O–H groups in total. The van der Waals surface area contributed by atoms with Gasteiger partial charge in [-0.1, -0.05) is 51.3 Å². The Kier molecular flexibility index (Phi) is 38.5. The standard InChI is InChI=1S/C8H16.C4H8.C3H6/c1-3-5-7-8-6-4-2;1-3-4-2;1-3-2/h3H,1,4-8H2,2H3;3H,1,4H2,2H3;3H,1H2,2H3. The van der Waals surface area contributed by atoms with E-state index < -0.39 is 0 Å². The Morgan fingerprint density at radius 3 is 1.60 bits per heavy atom. The van der Waals surface area contributed by atoms with Crippen molar-refractivity contribution in [2.75, 3.05) is 0 Å². The van der Waals surface area contributed by atoms with Crippen molar-refractivity contribution in [1.29, 1.82) is 0 Å². The third-order valence-corrected chi connectivity index (χ3v) is 1.55. The minimum atomic E-state index is 1.08. The SMILES string of the molecule is C=CC.C=CCC.C=CCCCCCC. The van der Waals surface area contributed by atoms with Crippen molar-refractivity contribution >= 4 is 0 Å². The zero-order chi connectivity index (χ0) is 12.4. The summed E-state index contributed by atoms with van der Waals surface area (Å²) < 4.78 is 0. The van der Waals surface area contributed by atoms with Crippen LogP contribution in [0.5, 0.6) is 0 Å². The third-order valence-electron chi connectivity index (χ3n) is 1.55. The summed E-state index contributed by atoms with van der Waals surface area (Å²) in [6, 6.07) is 0. The second-order valence-electron chi connectivity index (χ2n) is 3.24. The normalized spacial score (nSPS) is 7.40. The molecule has 0 nitrogen and oxygen atoms in total. The van der Waals surface area contributed by atoms with Crippen LogP contribution < -0.4 is 0 Å². The molecule has 0 heterocycles. The van der Waals surface area contributed by atoms with E-state index in [0.717, 1.165) is 6.42 Å². The highest BCUT2D eigenvalue weighted by Crippen LogP contribution is 2.01. The lowest BCUT2D eigenvalue weighted by atomic mass is 10.2. The summed E-state index contributed by atoms with van der Waals surface area (Å²) >= 11 is 0. The fraction of sp³-hybridized carbons (Fsp3) is 0.600. The Labute approximate surface area is 97.8 Å². The predicted molar refractivity (Wildman–Crippen MR) is 75.3 cm³/mol. The number of hydrogen-bond acceptors (Lipinski definition) is 0. The molecule has 0 saturated carbocycles. The van der Waals surface area contributed by atoms with Crippen LogP contribution in [0.25, 0.3) is 0 Å². The molecule has 15 heavy (non-hydrogen) atoms. The number of unbranched alkanes of at least 4 members (excludes halogenated alkanes) is 4. The zero-order valence-corrected chi connectivity index (χ0v) is 11.1. The molecule has 0 saturated heterocycles. The van der Waals surface area contributed by atoms with E-state index in [2.05, 4.69) is 33.6 Å². The molecular weight excluding hydrogens is 180 g/mol. The third kappa shape index (κ3) is 61.1. The molecule has 0 radical (unpaired) electrons. The van der Waals surface area contributed by atoms with Crippen LogP contribution in [0.4, 0.5) is 0 Å². The fourth-order valence-corrected chi connectivity index (χ4v) is 0.715. The van der Waals surface area contributed by atoms with E-state index in [0.29, 0.717) is 0 Å². The van der Waals surface area contributed by atoms with E-state index in [1.807, 2.05) is 19.1 Å². The number of hydrogen-bond donors (Lipinski definition) is 0. The summed E-state index contributed by atoms with van der Waals surface area (Å²) in [5.41, 5.74) is 0. The molecule has 0 fully saturated rings. The lowest BCUT2D eigenvalue weighted by Crippen LogP contribution is -1.71. The van der Waals surface area contributed by atoms with Gasteiger partial charge in [0.2, 0.25) is 0 Å². The Morgan fingerprint density at radius 2 is 1.33 bits per heavy atom. The molecule has 0 aromatic rings. The molecule has 0 aliphatic carbocycles. The van der Waals surface area contributed by atoms with E-state index in [4.69, 9.17) is 0 Å². The summed E-state index contributed by atoms with van der Waals surface area (Å²) in [7, 11) is 0. The molecule has 0 aromatic heterocycles. The van der Waals surface area contributed by atoms with Crippen molar-refractivity contribution in [3.8, 4) is 0 Å². The van der Waals surface area contributed by atoms with Crippen molar-refractivity contribution < 1.29 is 0 Å². The molecule has 0 aliphatic rings. The monoisotopic (exact) mass is 210 g/mol. The predicted octanol–water partition coefficient (Wildman–Crippen LogP) is 5.92. The topological polar surface area (TPSA) is 0 Å². The van der Waals surface area contributed by atoms with Gasteiger partial charge in [-0.3, -0.25) is 0 Å². The highest BCUT2D eigenvalue weighted by molar-refractivity contribution is 4.65. The maximum Gasteiger partial charge on any atom is -0.0353 e. The zero-order valence-electron chi connectivity index (χ0n) is 11.1. The first-order valence-electron chi connectivity index (χ1n) is 6.03. The van der Waals surface area contributed by atoms with E-state index in [-0.39, 0.29) is 0 Å². The largest absolute Gasteiger partial charge is 0.103 e. The van der Waals surface area contributed by atoms with Gasteiger partial charge in [-0.25, -0.2) is 0 Å². The summed E-state index contributed by atoms with van der Waals surface area (Å²) in [5, 5.41) is 0. The van der Waals surface area contributed by atoms with Gasteiger partial charge in [0.05, 0.1) is 0 Å². The van der Waals surface area contributed by atoms with E-state index >= 15 is 0 Å². The molecule has 0 amide bonds. The molecule has 0 heteroatoms. The van der Waals surface area contributed by atoms with Crippen molar-refractivity contribution in [2.45, 2.75) is 59.3 Å². The quantitative estimate of drug-likeness (QED) is 0.377. The number of allylic oxidation sites excluding steroid dienone is 3. The Bertz CT molecular complexity index is 111. The van der Waals surface area contributed by atoms with Crippen molar-refractivity contribution in [3.05, 3.63) is 38.0 Å². The second kappa shape index (κ2) is 29.2. The van der Waals surface area contributed by atoms with Crippen LogP contribution in [0.2, 0.25) is 0 Å². The van der Waals surface area contributed by atoms with Gasteiger partial charge in [-0.05, 0) is 26.2 Å². The smallest absolute Gasteiger partial charge is 0.0353 e. The van der Waals surface area contributed by atoms with E-state index in [9.17, 15) is 0 Å². The van der Waals surface area contributed by atoms with Crippen LogP contribution in [0.3, 0.4) is 0 Å². The van der Waals surface area contributed by atoms with Gasteiger partial charge < -0.3 is 0 Å². The highest BCUT2D eigenvalue weighted by Gasteiger charge is 1.81. The lowest BCUT2D eigenvalue weighted by molar-refractivity contribution is 0.675. The van der Waals surface area contributed by atoms with Gasteiger partial charge in [0, 0.05) is 0 Å². The minimum absolute atomic E-state index is 1.08. The van der Waals surface area contributed by atoms with Crippen LogP contribution in [0, 0.1) is 0 Å². The lowest BCUT2D eigenvalue weighted by Gasteiger charge is -1.91. The van der Waals surface area contributed by atoms with Gasteiger partial charge in [0.15, 0.2) is 0 Å². The van der Waals surface area contributed by atoms with Crippen LogP contribution in [0.1, 0.15) is 59.3 Å². The Balaban J connectivity index is -0.000000173. The van der Waals surface area contributed by atoms with E-state index in [1.54, 1.807) is 6.08 Å².